The fourth-order valence-electron chi connectivity index (χ4n) is 5.82. The summed E-state index contributed by atoms with van der Waals surface area (Å²) < 4.78 is 34.8. The molecule has 0 saturated heterocycles. The highest BCUT2D eigenvalue weighted by molar-refractivity contribution is 7.84. The maximum absolute atomic E-state index is 13.2. The molecule has 0 fully saturated rings. The van der Waals surface area contributed by atoms with Crippen molar-refractivity contribution in [2.45, 2.75) is 58.7 Å². The van der Waals surface area contributed by atoms with Gasteiger partial charge in [-0.2, -0.15) is 12.7 Å². The van der Waals surface area contributed by atoms with Gasteiger partial charge in [-0.3, -0.25) is 9.59 Å². The van der Waals surface area contributed by atoms with E-state index in [1.165, 1.54) is 4.31 Å². The van der Waals surface area contributed by atoms with E-state index in [2.05, 4.69) is 10.3 Å². The molecule has 4 heterocycles. The molecule has 3 aromatic carbocycles. The Kier molecular flexibility index (Phi) is 6.98. The van der Waals surface area contributed by atoms with Gasteiger partial charge >= 0.3 is 16.3 Å². The number of carboxylic acid groups (broad SMARTS) is 1. The number of carboxylic acids is 1. The maximum atomic E-state index is 13.2. The molecule has 1 aromatic heterocycles. The Morgan fingerprint density at radius 1 is 1.07 bits per heavy atom. The lowest BCUT2D eigenvalue weighted by molar-refractivity contribution is -0.137. The predicted octanol–water partition coefficient (Wildman–Crippen LogP) is 4.05. The van der Waals surface area contributed by atoms with E-state index in [9.17, 15) is 23.1 Å². The van der Waals surface area contributed by atoms with Crippen LogP contribution in [0.2, 0.25) is 0 Å². The first-order valence-corrected chi connectivity index (χ1v) is 15.1. The largest absolute Gasteiger partial charge is 0.481 e. The third kappa shape index (κ3) is 5.01. The third-order valence-electron chi connectivity index (χ3n) is 8.28. The highest BCUT2D eigenvalue weighted by Gasteiger charge is 2.33. The Morgan fingerprint density at radius 2 is 1.86 bits per heavy atom. The van der Waals surface area contributed by atoms with Gasteiger partial charge in [-0.1, -0.05) is 29.5 Å². The van der Waals surface area contributed by atoms with E-state index >= 15 is 0 Å². The van der Waals surface area contributed by atoms with Crippen LogP contribution in [0.1, 0.15) is 58.6 Å². The van der Waals surface area contributed by atoms with E-state index in [-0.39, 0.29) is 37.6 Å². The summed E-state index contributed by atoms with van der Waals surface area (Å²) in [6.07, 6.45) is 0.661. The van der Waals surface area contributed by atoms with Gasteiger partial charge in [0.15, 0.2) is 0 Å². The number of hydrogen-bond acceptors (Lipinski definition) is 7. The van der Waals surface area contributed by atoms with Crippen LogP contribution in [-0.4, -0.2) is 51.7 Å². The maximum Gasteiger partial charge on any atom is 0.385 e. The number of rotatable bonds is 2. The summed E-state index contributed by atoms with van der Waals surface area (Å²) in [5.74, 6) is -1.29. The smallest absolute Gasteiger partial charge is 0.385 e. The second-order valence-electron chi connectivity index (χ2n) is 11.0. The second kappa shape index (κ2) is 10.5. The molecule has 0 aliphatic carbocycles. The zero-order chi connectivity index (χ0) is 29.8. The molecule has 9 bridgehead atoms. The number of carbonyl (C=O) groups excluding carboxylic acids is 1. The molecule has 2 atom stereocenters. The summed E-state index contributed by atoms with van der Waals surface area (Å²) in [5.41, 5.74) is 6.79. The molecule has 0 spiro atoms. The topological polar surface area (TPSA) is 135 Å². The Hall–Kier alpha value is -4.29. The number of amides is 1. The van der Waals surface area contributed by atoms with Crippen LogP contribution < -0.4 is 9.08 Å². The van der Waals surface area contributed by atoms with Gasteiger partial charge in [0.1, 0.15) is 11.3 Å². The number of benzene rings is 3. The fourth-order valence-corrected chi connectivity index (χ4v) is 6.91. The lowest BCUT2D eigenvalue weighted by atomic mass is 9.84. The van der Waals surface area contributed by atoms with Crippen molar-refractivity contribution in [1.82, 2.24) is 19.3 Å². The number of anilines is 1. The SMILES string of the molecule is Cc1ccc2cc1CN1Cc3cc(ccc3OS1(=O)=O)N(C)C(=O)CCCn1nnc3c(C)c(ccc31)C2CC(=O)O. The van der Waals surface area contributed by atoms with Crippen molar-refractivity contribution in [1.29, 1.82) is 0 Å². The van der Waals surface area contributed by atoms with E-state index in [0.29, 0.717) is 29.7 Å². The Morgan fingerprint density at radius 3 is 2.64 bits per heavy atom. The average Bonchev–Trinajstić information content (AvgIpc) is 3.36. The monoisotopic (exact) mass is 589 g/mol. The van der Waals surface area contributed by atoms with Gasteiger partial charge in [0.25, 0.3) is 0 Å². The standard InChI is InChI=1S/C30H31N5O6S/c1-18-6-7-20-13-21(18)16-34-17-22-14-23(8-11-27(22)41-42(34,39)40)33(3)28(36)5-4-12-35-26-10-9-24(25(20)15-29(37)38)19(2)30(26)31-32-35/h6-11,13-14,25H,4-5,12,15-17H2,1-3H3,(H,37,38). The molecule has 3 aliphatic heterocycles. The van der Waals surface area contributed by atoms with Gasteiger partial charge in [-0.15, -0.1) is 5.10 Å². The van der Waals surface area contributed by atoms with Crippen molar-refractivity contribution < 1.29 is 27.3 Å². The molecular formula is C30H31N5O6S. The average molecular weight is 590 g/mol. The summed E-state index contributed by atoms with van der Waals surface area (Å²) in [5, 5.41) is 18.6. The summed E-state index contributed by atoms with van der Waals surface area (Å²) in [7, 11) is -2.39. The normalized spacial score (nSPS) is 20.2. The van der Waals surface area contributed by atoms with Crippen molar-refractivity contribution in [3.8, 4) is 5.75 Å². The molecule has 4 aromatic rings. The zero-order valence-corrected chi connectivity index (χ0v) is 24.4. The van der Waals surface area contributed by atoms with E-state index in [1.54, 1.807) is 34.8 Å². The van der Waals surface area contributed by atoms with Crippen LogP contribution in [0.15, 0.2) is 48.5 Å². The molecule has 1 N–H and O–H groups in total. The quantitative estimate of drug-likeness (QED) is 0.370. The van der Waals surface area contributed by atoms with Crippen molar-refractivity contribution in [2.75, 3.05) is 11.9 Å². The molecule has 11 nitrogen and oxygen atoms in total. The highest BCUT2D eigenvalue weighted by atomic mass is 32.2. The van der Waals surface area contributed by atoms with Gasteiger partial charge in [-0.05, 0) is 72.4 Å². The lowest BCUT2D eigenvalue weighted by Gasteiger charge is -2.29. The summed E-state index contributed by atoms with van der Waals surface area (Å²) >= 11 is 0. The van der Waals surface area contributed by atoms with Gasteiger partial charge < -0.3 is 14.2 Å². The number of aliphatic carboxylic acids is 1. The molecule has 3 aliphatic rings. The summed E-state index contributed by atoms with van der Waals surface area (Å²) in [6.45, 7) is 4.39. The molecular weight excluding hydrogens is 558 g/mol. The second-order valence-corrected chi connectivity index (χ2v) is 12.5. The molecule has 1 amide bonds. The Balaban J connectivity index is 1.50. The van der Waals surface area contributed by atoms with Gasteiger partial charge in [0, 0.05) is 50.3 Å². The van der Waals surface area contributed by atoms with Crippen molar-refractivity contribution >= 4 is 38.9 Å². The number of hydrogen-bond donors (Lipinski definition) is 1. The number of aryl methyl sites for hydroxylation is 3. The van der Waals surface area contributed by atoms with Crippen LogP contribution in [-0.2, 0) is 39.5 Å². The summed E-state index contributed by atoms with van der Waals surface area (Å²) in [4.78, 5) is 26.7. The minimum Gasteiger partial charge on any atom is -0.481 e. The molecule has 2 unspecified atom stereocenters. The van der Waals surface area contributed by atoms with Gasteiger partial charge in [0.05, 0.1) is 11.9 Å². The van der Waals surface area contributed by atoms with Gasteiger partial charge in [0.2, 0.25) is 5.91 Å². The van der Waals surface area contributed by atoms with Crippen LogP contribution in [0, 0.1) is 13.8 Å². The Bertz CT molecular complexity index is 1850. The van der Waals surface area contributed by atoms with Crippen LogP contribution >= 0.6 is 0 Å². The van der Waals surface area contributed by atoms with Crippen LogP contribution in [0.4, 0.5) is 5.69 Å². The lowest BCUT2D eigenvalue weighted by Crippen LogP contribution is -2.37. The van der Waals surface area contributed by atoms with E-state index in [0.717, 1.165) is 33.3 Å². The van der Waals surface area contributed by atoms with Crippen LogP contribution in [0.25, 0.3) is 11.0 Å². The third-order valence-corrected chi connectivity index (χ3v) is 9.56. The molecule has 7 rings (SSSR count). The summed E-state index contributed by atoms with van der Waals surface area (Å²) in [6, 6.07) is 14.5. The van der Waals surface area contributed by atoms with Gasteiger partial charge in [-0.25, -0.2) is 4.68 Å². The van der Waals surface area contributed by atoms with E-state index in [4.69, 9.17) is 4.18 Å². The zero-order valence-electron chi connectivity index (χ0n) is 23.6. The number of nitrogens with zero attached hydrogens (tertiary/aromatic N) is 5. The highest BCUT2D eigenvalue weighted by Crippen LogP contribution is 2.37. The van der Waals surface area contributed by atoms with Crippen LogP contribution in [0.3, 0.4) is 0 Å². The molecule has 0 radical (unpaired) electrons. The van der Waals surface area contributed by atoms with Crippen molar-refractivity contribution in [3.63, 3.8) is 0 Å². The van der Waals surface area contributed by atoms with Crippen molar-refractivity contribution in [3.05, 3.63) is 81.9 Å². The molecule has 12 heteroatoms. The van der Waals surface area contributed by atoms with E-state index < -0.39 is 22.2 Å². The number of aromatic nitrogens is 3. The molecule has 42 heavy (non-hydrogen) atoms. The first-order chi connectivity index (χ1) is 20.0. The number of carbonyl (C=O) groups is 2. The fraction of sp³-hybridized carbons (Fsp3) is 0.333. The Labute approximate surface area is 243 Å². The van der Waals surface area contributed by atoms with Crippen LogP contribution in [0.5, 0.6) is 5.75 Å². The minimum absolute atomic E-state index is 0.0343. The molecule has 0 saturated carbocycles. The minimum atomic E-state index is -4.09. The van der Waals surface area contributed by atoms with Crippen molar-refractivity contribution in [2.24, 2.45) is 0 Å². The van der Waals surface area contributed by atoms with E-state index in [1.807, 2.05) is 44.2 Å². The first-order valence-electron chi connectivity index (χ1n) is 13.7. The predicted molar refractivity (Wildman–Crippen MR) is 155 cm³/mol. The molecule has 218 valence electrons. The number of fused-ring (bicyclic) bond motifs is 5. The first kappa shape index (κ1) is 27.9.